The van der Waals surface area contributed by atoms with Gasteiger partial charge in [-0.05, 0) is 61.8 Å². The van der Waals surface area contributed by atoms with Gasteiger partial charge in [0.05, 0.1) is 11.2 Å². The SMILES string of the molecule is CSc1cccc(Nc2c3c(nc4ccccc24)CCCC3)c1. The number of thioether (sulfide) groups is 1. The first-order valence-electron chi connectivity index (χ1n) is 8.17. The highest BCUT2D eigenvalue weighted by Gasteiger charge is 2.18. The van der Waals surface area contributed by atoms with Gasteiger partial charge in [-0.25, -0.2) is 0 Å². The molecule has 1 aromatic heterocycles. The van der Waals surface area contributed by atoms with Gasteiger partial charge in [0.15, 0.2) is 0 Å². The lowest BCUT2D eigenvalue weighted by molar-refractivity contribution is 0.672. The average Bonchev–Trinajstić information content (AvgIpc) is 2.61. The number of nitrogens with zero attached hydrogens (tertiary/aromatic N) is 1. The molecule has 0 saturated carbocycles. The summed E-state index contributed by atoms with van der Waals surface area (Å²) in [5.41, 5.74) is 6.18. The third kappa shape index (κ3) is 2.81. The van der Waals surface area contributed by atoms with Crippen LogP contribution in [0.15, 0.2) is 53.4 Å². The van der Waals surface area contributed by atoms with E-state index < -0.39 is 0 Å². The zero-order valence-electron chi connectivity index (χ0n) is 13.3. The Kier molecular flexibility index (Phi) is 3.96. The molecule has 2 aromatic carbocycles. The summed E-state index contributed by atoms with van der Waals surface area (Å²) in [5.74, 6) is 0. The fourth-order valence-electron chi connectivity index (χ4n) is 3.36. The van der Waals surface area contributed by atoms with Gasteiger partial charge in [-0.2, -0.15) is 0 Å². The highest BCUT2D eigenvalue weighted by Crippen LogP contribution is 2.35. The Morgan fingerprint density at radius 2 is 1.87 bits per heavy atom. The molecule has 0 radical (unpaired) electrons. The first-order chi connectivity index (χ1) is 11.3. The van der Waals surface area contributed by atoms with Crippen LogP contribution in [0.1, 0.15) is 24.1 Å². The molecule has 0 spiro atoms. The summed E-state index contributed by atoms with van der Waals surface area (Å²) in [5, 5.41) is 4.92. The molecule has 2 nitrogen and oxygen atoms in total. The van der Waals surface area contributed by atoms with E-state index in [-0.39, 0.29) is 0 Å². The van der Waals surface area contributed by atoms with Crippen molar-refractivity contribution in [2.24, 2.45) is 0 Å². The van der Waals surface area contributed by atoms with Crippen LogP contribution in [-0.4, -0.2) is 11.2 Å². The standard InChI is InChI=1S/C20H20N2S/c1-23-15-8-6-7-14(13-15)21-20-16-9-2-4-11-18(16)22-19-12-5-3-10-17(19)20/h2,4,6-9,11,13H,3,5,10,12H2,1H3,(H,21,22). The van der Waals surface area contributed by atoms with Crippen molar-refractivity contribution in [3.05, 3.63) is 59.8 Å². The first kappa shape index (κ1) is 14.6. The summed E-state index contributed by atoms with van der Waals surface area (Å²) in [4.78, 5) is 6.19. The summed E-state index contributed by atoms with van der Waals surface area (Å²) in [6.45, 7) is 0. The first-order valence-corrected chi connectivity index (χ1v) is 9.39. The predicted molar refractivity (Wildman–Crippen MR) is 99.9 cm³/mol. The Labute approximate surface area is 141 Å². The highest BCUT2D eigenvalue weighted by atomic mass is 32.2. The molecular formula is C20H20N2S. The minimum absolute atomic E-state index is 1.09. The van der Waals surface area contributed by atoms with E-state index in [4.69, 9.17) is 4.98 Å². The van der Waals surface area contributed by atoms with Gasteiger partial charge in [0, 0.05) is 21.7 Å². The van der Waals surface area contributed by atoms with E-state index in [1.54, 1.807) is 11.8 Å². The second-order valence-electron chi connectivity index (χ2n) is 5.99. The molecule has 0 aliphatic heterocycles. The second-order valence-corrected chi connectivity index (χ2v) is 6.87. The third-order valence-corrected chi connectivity index (χ3v) is 5.23. The second kappa shape index (κ2) is 6.25. The number of anilines is 2. The molecule has 0 amide bonds. The molecule has 116 valence electrons. The van der Waals surface area contributed by atoms with Crippen molar-refractivity contribution in [3.8, 4) is 0 Å². The van der Waals surface area contributed by atoms with Crippen LogP contribution in [0.25, 0.3) is 10.9 Å². The fourth-order valence-corrected chi connectivity index (χ4v) is 3.82. The lowest BCUT2D eigenvalue weighted by Gasteiger charge is -2.22. The van der Waals surface area contributed by atoms with Gasteiger partial charge in [-0.3, -0.25) is 4.98 Å². The van der Waals surface area contributed by atoms with E-state index in [1.807, 2.05) is 0 Å². The quantitative estimate of drug-likeness (QED) is 0.638. The van der Waals surface area contributed by atoms with Crippen molar-refractivity contribution in [2.75, 3.05) is 11.6 Å². The van der Waals surface area contributed by atoms with E-state index in [0.717, 1.165) is 24.0 Å². The van der Waals surface area contributed by atoms with E-state index >= 15 is 0 Å². The van der Waals surface area contributed by atoms with E-state index in [0.29, 0.717) is 0 Å². The molecule has 1 N–H and O–H groups in total. The molecule has 23 heavy (non-hydrogen) atoms. The predicted octanol–water partition coefficient (Wildman–Crippen LogP) is 5.58. The fraction of sp³-hybridized carbons (Fsp3) is 0.250. The van der Waals surface area contributed by atoms with E-state index in [2.05, 4.69) is 60.1 Å². The molecule has 4 rings (SSSR count). The number of rotatable bonds is 3. The summed E-state index contributed by atoms with van der Waals surface area (Å²) < 4.78 is 0. The molecule has 0 unspecified atom stereocenters. The van der Waals surface area contributed by atoms with Crippen LogP contribution in [0, 0.1) is 0 Å². The molecule has 0 saturated heterocycles. The van der Waals surface area contributed by atoms with Gasteiger partial charge < -0.3 is 5.32 Å². The van der Waals surface area contributed by atoms with E-state index in [9.17, 15) is 0 Å². The number of benzene rings is 2. The smallest absolute Gasteiger partial charge is 0.0726 e. The molecule has 3 heteroatoms. The zero-order chi connectivity index (χ0) is 15.6. The van der Waals surface area contributed by atoms with Crippen LogP contribution in [0.2, 0.25) is 0 Å². The van der Waals surface area contributed by atoms with Crippen LogP contribution in [0.5, 0.6) is 0 Å². The van der Waals surface area contributed by atoms with Crippen molar-refractivity contribution >= 4 is 34.0 Å². The molecule has 1 heterocycles. The van der Waals surface area contributed by atoms with Crippen LogP contribution >= 0.6 is 11.8 Å². The van der Waals surface area contributed by atoms with Crippen molar-refractivity contribution in [2.45, 2.75) is 30.6 Å². The highest BCUT2D eigenvalue weighted by molar-refractivity contribution is 7.98. The Bertz CT molecular complexity index is 857. The zero-order valence-corrected chi connectivity index (χ0v) is 14.1. The minimum atomic E-state index is 1.09. The lowest BCUT2D eigenvalue weighted by Crippen LogP contribution is -2.09. The van der Waals surface area contributed by atoms with Crippen molar-refractivity contribution < 1.29 is 0 Å². The van der Waals surface area contributed by atoms with Gasteiger partial charge in [-0.1, -0.05) is 24.3 Å². The maximum Gasteiger partial charge on any atom is 0.0726 e. The monoisotopic (exact) mass is 320 g/mol. The number of aromatic nitrogens is 1. The molecule has 3 aromatic rings. The Hall–Kier alpha value is -2.00. The van der Waals surface area contributed by atoms with Gasteiger partial charge in [0.25, 0.3) is 0 Å². The van der Waals surface area contributed by atoms with Crippen LogP contribution in [-0.2, 0) is 12.8 Å². The Balaban J connectivity index is 1.87. The van der Waals surface area contributed by atoms with Crippen LogP contribution in [0.4, 0.5) is 11.4 Å². The summed E-state index contributed by atoms with van der Waals surface area (Å²) >= 11 is 1.77. The number of fused-ring (bicyclic) bond motifs is 2. The van der Waals surface area contributed by atoms with Gasteiger partial charge in [-0.15, -0.1) is 11.8 Å². The normalized spacial score (nSPS) is 13.8. The van der Waals surface area contributed by atoms with E-state index in [1.165, 1.54) is 40.1 Å². The molecule has 1 aliphatic carbocycles. The summed E-state index contributed by atoms with van der Waals surface area (Å²) in [6.07, 6.45) is 6.84. The van der Waals surface area contributed by atoms with Crippen molar-refractivity contribution in [1.29, 1.82) is 0 Å². The number of nitrogens with one attached hydrogen (secondary N) is 1. The average molecular weight is 320 g/mol. The Morgan fingerprint density at radius 1 is 1.00 bits per heavy atom. The van der Waals surface area contributed by atoms with Crippen LogP contribution < -0.4 is 5.32 Å². The molecule has 0 fully saturated rings. The Morgan fingerprint density at radius 3 is 2.78 bits per heavy atom. The third-order valence-electron chi connectivity index (χ3n) is 4.51. The summed E-state index contributed by atoms with van der Waals surface area (Å²) in [6, 6.07) is 17.1. The molecule has 1 aliphatic rings. The van der Waals surface area contributed by atoms with Crippen molar-refractivity contribution in [1.82, 2.24) is 4.98 Å². The maximum absolute atomic E-state index is 4.91. The lowest BCUT2D eigenvalue weighted by atomic mass is 9.92. The topological polar surface area (TPSA) is 24.9 Å². The van der Waals surface area contributed by atoms with Gasteiger partial charge in [0.2, 0.25) is 0 Å². The number of hydrogen-bond donors (Lipinski definition) is 1. The van der Waals surface area contributed by atoms with Crippen LogP contribution in [0.3, 0.4) is 0 Å². The number of hydrogen-bond acceptors (Lipinski definition) is 3. The molecule has 0 bridgehead atoms. The molecule has 0 atom stereocenters. The molecular weight excluding hydrogens is 300 g/mol. The van der Waals surface area contributed by atoms with Gasteiger partial charge in [0.1, 0.15) is 0 Å². The summed E-state index contributed by atoms with van der Waals surface area (Å²) in [7, 11) is 0. The maximum atomic E-state index is 4.91. The van der Waals surface area contributed by atoms with Crippen molar-refractivity contribution in [3.63, 3.8) is 0 Å². The largest absolute Gasteiger partial charge is 0.355 e. The number of aryl methyl sites for hydroxylation is 1. The number of pyridine rings is 1. The minimum Gasteiger partial charge on any atom is -0.355 e. The number of para-hydroxylation sites is 1. The van der Waals surface area contributed by atoms with Gasteiger partial charge >= 0.3 is 0 Å².